The van der Waals surface area contributed by atoms with Crippen LogP contribution in [0.4, 0.5) is 0 Å². The quantitative estimate of drug-likeness (QED) is 0.914. The normalized spacial score (nSPS) is 15.7. The molecule has 4 nitrogen and oxygen atoms in total. The second-order valence-corrected chi connectivity index (χ2v) is 4.94. The molecule has 100 valence electrons. The van der Waals surface area contributed by atoms with Crippen molar-refractivity contribution in [1.82, 2.24) is 14.9 Å². The second kappa shape index (κ2) is 5.05. The Morgan fingerprint density at radius 3 is 3.05 bits per heavy atom. The average Bonchev–Trinajstić information content (AvgIpc) is 2.86. The van der Waals surface area contributed by atoms with Crippen molar-refractivity contribution in [3.05, 3.63) is 47.5 Å². The van der Waals surface area contributed by atoms with Crippen LogP contribution in [-0.2, 0) is 13.5 Å². The van der Waals surface area contributed by atoms with Gasteiger partial charge in [0.25, 0.3) is 0 Å². The molecule has 1 aliphatic heterocycles. The topological polar surface area (TPSA) is 39.1 Å². The van der Waals surface area contributed by atoms with Crippen LogP contribution < -0.4 is 10.1 Å². The molecular formula is C15H19N3O. The summed E-state index contributed by atoms with van der Waals surface area (Å²) < 4.78 is 7.95. The van der Waals surface area contributed by atoms with E-state index in [9.17, 15) is 0 Å². The third-order valence-electron chi connectivity index (χ3n) is 3.71. The lowest BCUT2D eigenvalue weighted by Gasteiger charge is -2.25. The molecule has 1 N–H and O–H groups in total. The van der Waals surface area contributed by atoms with E-state index in [2.05, 4.69) is 28.5 Å². The SMILES string of the molecule is CNC(c1cccc2c1OCCC2)c1cncn1C. The molecule has 1 unspecified atom stereocenters. The van der Waals surface area contributed by atoms with Crippen molar-refractivity contribution in [3.63, 3.8) is 0 Å². The van der Waals surface area contributed by atoms with Crippen molar-refractivity contribution in [2.75, 3.05) is 13.7 Å². The molecule has 3 rings (SSSR count). The number of rotatable bonds is 3. The first kappa shape index (κ1) is 12.2. The molecule has 1 aromatic carbocycles. The number of hydrogen-bond donors (Lipinski definition) is 1. The summed E-state index contributed by atoms with van der Waals surface area (Å²) in [6.45, 7) is 0.811. The number of fused-ring (bicyclic) bond motifs is 1. The number of aromatic nitrogens is 2. The van der Waals surface area contributed by atoms with Crippen LogP contribution in [0.5, 0.6) is 5.75 Å². The molecule has 0 bridgehead atoms. The largest absolute Gasteiger partial charge is 0.493 e. The van der Waals surface area contributed by atoms with Gasteiger partial charge < -0.3 is 14.6 Å². The van der Waals surface area contributed by atoms with Crippen molar-refractivity contribution >= 4 is 0 Å². The van der Waals surface area contributed by atoms with Crippen LogP contribution in [0, 0.1) is 0 Å². The molecule has 0 saturated carbocycles. The highest BCUT2D eigenvalue weighted by atomic mass is 16.5. The van der Waals surface area contributed by atoms with Gasteiger partial charge in [-0.25, -0.2) is 4.98 Å². The highest BCUT2D eigenvalue weighted by Crippen LogP contribution is 2.35. The number of aryl methyl sites for hydroxylation is 2. The maximum absolute atomic E-state index is 5.91. The summed E-state index contributed by atoms with van der Waals surface area (Å²) in [7, 11) is 3.99. The Labute approximate surface area is 113 Å². The van der Waals surface area contributed by atoms with Gasteiger partial charge in [0.2, 0.25) is 0 Å². The summed E-state index contributed by atoms with van der Waals surface area (Å²) in [5.41, 5.74) is 3.65. The van der Waals surface area contributed by atoms with Gasteiger partial charge in [-0.05, 0) is 25.5 Å². The van der Waals surface area contributed by atoms with Gasteiger partial charge in [-0.15, -0.1) is 0 Å². The van der Waals surface area contributed by atoms with Gasteiger partial charge in [0.1, 0.15) is 5.75 Å². The fourth-order valence-corrected chi connectivity index (χ4v) is 2.75. The number of hydrogen-bond acceptors (Lipinski definition) is 3. The smallest absolute Gasteiger partial charge is 0.127 e. The molecule has 0 aliphatic carbocycles. The minimum Gasteiger partial charge on any atom is -0.493 e. The van der Waals surface area contributed by atoms with E-state index in [1.807, 2.05) is 31.2 Å². The lowest BCUT2D eigenvalue weighted by atomic mass is 9.96. The minimum absolute atomic E-state index is 0.112. The van der Waals surface area contributed by atoms with Crippen LogP contribution in [-0.4, -0.2) is 23.2 Å². The van der Waals surface area contributed by atoms with Crippen molar-refractivity contribution in [3.8, 4) is 5.75 Å². The number of ether oxygens (including phenoxy) is 1. The first-order valence-corrected chi connectivity index (χ1v) is 6.69. The van der Waals surface area contributed by atoms with E-state index in [0.717, 1.165) is 30.9 Å². The highest BCUT2D eigenvalue weighted by molar-refractivity contribution is 5.46. The van der Waals surface area contributed by atoms with Crippen molar-refractivity contribution in [1.29, 1.82) is 0 Å². The zero-order chi connectivity index (χ0) is 13.2. The van der Waals surface area contributed by atoms with Gasteiger partial charge >= 0.3 is 0 Å². The summed E-state index contributed by atoms with van der Waals surface area (Å²) >= 11 is 0. The molecule has 0 fully saturated rings. The van der Waals surface area contributed by atoms with E-state index >= 15 is 0 Å². The first-order chi connectivity index (χ1) is 9.31. The van der Waals surface area contributed by atoms with E-state index in [1.165, 1.54) is 11.1 Å². The van der Waals surface area contributed by atoms with Crippen LogP contribution in [0.2, 0.25) is 0 Å². The maximum atomic E-state index is 5.91. The van der Waals surface area contributed by atoms with Gasteiger partial charge in [-0.3, -0.25) is 0 Å². The molecule has 19 heavy (non-hydrogen) atoms. The Hall–Kier alpha value is -1.81. The zero-order valence-corrected chi connectivity index (χ0v) is 11.4. The van der Waals surface area contributed by atoms with E-state index in [1.54, 1.807) is 0 Å². The van der Waals surface area contributed by atoms with E-state index in [0.29, 0.717) is 0 Å². The van der Waals surface area contributed by atoms with Gasteiger partial charge in [-0.1, -0.05) is 18.2 Å². The Morgan fingerprint density at radius 1 is 1.42 bits per heavy atom. The standard InChI is InChI=1S/C15H19N3O/c1-16-14(13-9-17-10-18(13)2)12-7-3-5-11-6-4-8-19-15(11)12/h3,5,7,9-10,14,16H,4,6,8H2,1-2H3. The molecule has 2 heterocycles. The van der Waals surface area contributed by atoms with Crippen LogP contribution in [0.25, 0.3) is 0 Å². The van der Waals surface area contributed by atoms with Crippen LogP contribution >= 0.6 is 0 Å². The Balaban J connectivity index is 2.07. The molecule has 4 heteroatoms. The monoisotopic (exact) mass is 257 g/mol. The number of nitrogens with zero attached hydrogens (tertiary/aromatic N) is 2. The summed E-state index contributed by atoms with van der Waals surface area (Å²) in [6, 6.07) is 6.52. The number of nitrogens with one attached hydrogen (secondary N) is 1. The van der Waals surface area contributed by atoms with Crippen molar-refractivity contribution < 1.29 is 4.74 Å². The molecule has 2 aromatic rings. The average molecular weight is 257 g/mol. The van der Waals surface area contributed by atoms with E-state index < -0.39 is 0 Å². The molecule has 0 radical (unpaired) electrons. The third kappa shape index (κ3) is 2.12. The van der Waals surface area contributed by atoms with Crippen LogP contribution in [0.15, 0.2) is 30.7 Å². The summed E-state index contributed by atoms with van der Waals surface area (Å²) in [5, 5.41) is 3.37. The number of imidazole rings is 1. The predicted molar refractivity (Wildman–Crippen MR) is 74.4 cm³/mol. The summed E-state index contributed by atoms with van der Waals surface area (Å²) in [5.74, 6) is 1.05. The van der Waals surface area contributed by atoms with E-state index in [-0.39, 0.29) is 6.04 Å². The van der Waals surface area contributed by atoms with Crippen LogP contribution in [0.1, 0.15) is 29.3 Å². The maximum Gasteiger partial charge on any atom is 0.127 e. The molecule has 1 aliphatic rings. The highest BCUT2D eigenvalue weighted by Gasteiger charge is 2.22. The molecule has 1 atom stereocenters. The Morgan fingerprint density at radius 2 is 2.32 bits per heavy atom. The fraction of sp³-hybridized carbons (Fsp3) is 0.400. The van der Waals surface area contributed by atoms with Crippen LogP contribution in [0.3, 0.4) is 0 Å². The predicted octanol–water partition coefficient (Wildman–Crippen LogP) is 2.05. The Bertz CT molecular complexity index is 577. The van der Waals surface area contributed by atoms with Crippen molar-refractivity contribution in [2.45, 2.75) is 18.9 Å². The fourth-order valence-electron chi connectivity index (χ4n) is 2.75. The lowest BCUT2D eigenvalue weighted by molar-refractivity contribution is 0.283. The second-order valence-electron chi connectivity index (χ2n) is 4.94. The third-order valence-corrected chi connectivity index (χ3v) is 3.71. The molecule has 0 saturated heterocycles. The van der Waals surface area contributed by atoms with E-state index in [4.69, 9.17) is 4.74 Å². The summed E-state index contributed by atoms with van der Waals surface area (Å²) in [4.78, 5) is 4.21. The molecular weight excluding hydrogens is 238 g/mol. The van der Waals surface area contributed by atoms with Gasteiger partial charge in [0, 0.05) is 12.6 Å². The lowest BCUT2D eigenvalue weighted by Crippen LogP contribution is -2.22. The molecule has 1 aromatic heterocycles. The minimum atomic E-state index is 0.112. The zero-order valence-electron chi connectivity index (χ0n) is 11.4. The molecule has 0 amide bonds. The first-order valence-electron chi connectivity index (χ1n) is 6.69. The number of benzene rings is 1. The van der Waals surface area contributed by atoms with Crippen molar-refractivity contribution in [2.24, 2.45) is 7.05 Å². The van der Waals surface area contributed by atoms with Gasteiger partial charge in [-0.2, -0.15) is 0 Å². The molecule has 0 spiro atoms. The number of para-hydroxylation sites is 1. The Kier molecular flexibility index (Phi) is 3.25. The summed E-state index contributed by atoms with van der Waals surface area (Å²) in [6.07, 6.45) is 5.94. The van der Waals surface area contributed by atoms with Gasteiger partial charge in [0.15, 0.2) is 0 Å². The van der Waals surface area contributed by atoms with Gasteiger partial charge in [0.05, 0.1) is 30.9 Å².